The van der Waals surface area contributed by atoms with Crippen LogP contribution in [0.5, 0.6) is 0 Å². The lowest BCUT2D eigenvalue weighted by molar-refractivity contribution is 0.0670. The summed E-state index contributed by atoms with van der Waals surface area (Å²) in [6, 6.07) is 4.33. The van der Waals surface area contributed by atoms with Gasteiger partial charge in [0.25, 0.3) is 0 Å². The number of unbranched alkanes of at least 4 members (excludes halogenated alkanes) is 4. The van der Waals surface area contributed by atoms with Crippen LogP contribution in [0.1, 0.15) is 70.1 Å². The van der Waals surface area contributed by atoms with E-state index in [1.807, 2.05) is 11.3 Å². The Morgan fingerprint density at radius 2 is 1.79 bits per heavy atom. The largest absolute Gasteiger partial charge is 0.305 e. The summed E-state index contributed by atoms with van der Waals surface area (Å²) in [4.78, 5) is 1.36. The fourth-order valence-electron chi connectivity index (χ4n) is 2.44. The monoisotopic (exact) mass is 316 g/mol. The molecule has 19 heavy (non-hydrogen) atoms. The van der Waals surface area contributed by atoms with Gasteiger partial charge < -0.3 is 4.52 Å². The van der Waals surface area contributed by atoms with Gasteiger partial charge >= 0.3 is 0 Å². The van der Waals surface area contributed by atoms with Crippen molar-refractivity contribution < 1.29 is 4.52 Å². The van der Waals surface area contributed by atoms with E-state index in [0.717, 1.165) is 12.8 Å². The fraction of sp³-hybridized carbons (Fsp3) is 0.733. The number of thiophene rings is 1. The summed E-state index contributed by atoms with van der Waals surface area (Å²) in [5.74, 6) is 0. The van der Waals surface area contributed by atoms with Crippen LogP contribution in [-0.2, 0) is 21.9 Å². The molecule has 0 saturated heterocycles. The van der Waals surface area contributed by atoms with Crippen molar-refractivity contribution in [1.82, 2.24) is 0 Å². The first-order valence-corrected chi connectivity index (χ1v) is 10.0. The van der Waals surface area contributed by atoms with E-state index in [0.29, 0.717) is 7.58 Å². The van der Waals surface area contributed by atoms with Crippen molar-refractivity contribution in [3.8, 4) is 0 Å². The molecule has 0 aliphatic carbocycles. The molecule has 0 aliphatic heterocycles. The zero-order valence-corrected chi connectivity index (χ0v) is 14.6. The first kappa shape index (κ1) is 17.2. The molecule has 108 valence electrons. The number of rotatable bonds is 11. The van der Waals surface area contributed by atoms with Crippen LogP contribution in [-0.4, -0.2) is 0 Å². The third-order valence-electron chi connectivity index (χ3n) is 3.55. The lowest BCUT2D eigenvalue weighted by atomic mass is 9.89. The lowest BCUT2D eigenvalue weighted by Gasteiger charge is -2.31. The van der Waals surface area contributed by atoms with Crippen molar-refractivity contribution in [3.05, 3.63) is 22.4 Å². The van der Waals surface area contributed by atoms with Crippen molar-refractivity contribution in [2.45, 2.75) is 70.8 Å². The summed E-state index contributed by atoms with van der Waals surface area (Å²) in [6.45, 7) is 4.49. The molecule has 0 bridgehead atoms. The van der Waals surface area contributed by atoms with Gasteiger partial charge in [-0.3, -0.25) is 0 Å². The predicted molar refractivity (Wildman–Crippen MR) is 89.7 cm³/mol. The standard InChI is InChI=1S/C15H25OPS2/c1-3-5-7-11-15(16-17-18,12-8-6-4-2)14-10-9-13-19-14/h9-10,13H,3-8,11-12H2,1-2H3. The molecule has 0 aromatic carbocycles. The normalized spacial score (nSPS) is 12.1. The van der Waals surface area contributed by atoms with Crippen molar-refractivity contribution in [2.24, 2.45) is 0 Å². The Morgan fingerprint density at radius 1 is 1.16 bits per heavy atom. The highest BCUT2D eigenvalue weighted by Gasteiger charge is 2.33. The minimum atomic E-state index is -0.123. The molecule has 0 saturated carbocycles. The van der Waals surface area contributed by atoms with Gasteiger partial charge in [-0.25, -0.2) is 0 Å². The van der Waals surface area contributed by atoms with E-state index in [4.69, 9.17) is 16.3 Å². The van der Waals surface area contributed by atoms with Crippen LogP contribution in [0, 0.1) is 0 Å². The van der Waals surface area contributed by atoms with Gasteiger partial charge in [0.1, 0.15) is 13.2 Å². The molecule has 0 N–H and O–H groups in total. The van der Waals surface area contributed by atoms with Gasteiger partial charge in [-0.2, -0.15) is 0 Å². The van der Waals surface area contributed by atoms with Crippen molar-refractivity contribution in [2.75, 3.05) is 0 Å². The van der Waals surface area contributed by atoms with Crippen LogP contribution in [0.25, 0.3) is 0 Å². The number of hydrogen-bond acceptors (Lipinski definition) is 3. The second-order valence-electron chi connectivity index (χ2n) is 5.05. The Morgan fingerprint density at radius 3 is 2.21 bits per heavy atom. The third kappa shape index (κ3) is 5.59. The van der Waals surface area contributed by atoms with E-state index in [2.05, 4.69) is 31.4 Å². The first-order chi connectivity index (χ1) is 9.29. The Kier molecular flexibility index (Phi) is 9.06. The molecule has 0 unspecified atom stereocenters. The summed E-state index contributed by atoms with van der Waals surface area (Å²) >= 11 is 6.90. The molecule has 1 heterocycles. The zero-order chi connectivity index (χ0) is 14.0. The van der Waals surface area contributed by atoms with Gasteiger partial charge in [-0.15, -0.1) is 11.3 Å². The van der Waals surface area contributed by atoms with Gasteiger partial charge in [0.2, 0.25) is 0 Å². The SMILES string of the molecule is CCCCCC(CCCCC)(OP=S)c1cccs1. The molecule has 1 nitrogen and oxygen atoms in total. The highest BCUT2D eigenvalue weighted by atomic mass is 32.4. The van der Waals surface area contributed by atoms with E-state index in [-0.39, 0.29) is 5.60 Å². The summed E-state index contributed by atoms with van der Waals surface area (Å²) in [5.41, 5.74) is -0.123. The van der Waals surface area contributed by atoms with Crippen LogP contribution >= 0.6 is 18.9 Å². The van der Waals surface area contributed by atoms with E-state index in [1.165, 1.54) is 43.4 Å². The van der Waals surface area contributed by atoms with Crippen LogP contribution in [0.2, 0.25) is 0 Å². The van der Waals surface area contributed by atoms with Crippen LogP contribution in [0.3, 0.4) is 0 Å². The Hall–Kier alpha value is 0.180. The van der Waals surface area contributed by atoms with Gasteiger partial charge in [-0.05, 0) is 36.1 Å². The molecule has 0 aliphatic rings. The predicted octanol–water partition coefficient (Wildman–Crippen LogP) is 6.44. The molecule has 4 heteroatoms. The van der Waals surface area contributed by atoms with Crippen LogP contribution in [0.15, 0.2) is 17.5 Å². The maximum Gasteiger partial charge on any atom is 0.137 e. The Balaban J connectivity index is 2.79. The molecule has 1 rings (SSSR count). The molecule has 0 amide bonds. The molecule has 0 atom stereocenters. The summed E-state index contributed by atoms with van der Waals surface area (Å²) < 4.78 is 6.06. The molecule has 0 radical (unpaired) electrons. The van der Waals surface area contributed by atoms with E-state index in [1.54, 1.807) is 0 Å². The third-order valence-corrected chi connectivity index (χ3v) is 5.25. The topological polar surface area (TPSA) is 9.23 Å². The molecule has 0 fully saturated rings. The second kappa shape index (κ2) is 9.99. The van der Waals surface area contributed by atoms with Crippen molar-refractivity contribution >= 4 is 30.7 Å². The van der Waals surface area contributed by atoms with E-state index >= 15 is 0 Å². The van der Waals surface area contributed by atoms with Gasteiger partial charge in [-0.1, -0.05) is 58.4 Å². The van der Waals surface area contributed by atoms with Crippen molar-refractivity contribution in [3.63, 3.8) is 0 Å². The summed E-state index contributed by atoms with van der Waals surface area (Å²) in [5, 5.41) is 2.15. The first-order valence-electron chi connectivity index (χ1n) is 7.34. The summed E-state index contributed by atoms with van der Waals surface area (Å²) in [7, 11) is 0.637. The molecular formula is C15H25OPS2. The molecular weight excluding hydrogens is 291 g/mol. The summed E-state index contributed by atoms with van der Waals surface area (Å²) in [6.07, 6.45) is 9.72. The quantitative estimate of drug-likeness (QED) is 0.343. The molecule has 0 spiro atoms. The second-order valence-corrected chi connectivity index (χ2v) is 6.78. The molecule has 1 aromatic rings. The van der Waals surface area contributed by atoms with Gasteiger partial charge in [0.15, 0.2) is 0 Å². The zero-order valence-electron chi connectivity index (χ0n) is 12.1. The average molecular weight is 316 g/mol. The number of hydrogen-bond donors (Lipinski definition) is 0. The van der Waals surface area contributed by atoms with Crippen LogP contribution in [0.4, 0.5) is 0 Å². The highest BCUT2D eigenvalue weighted by molar-refractivity contribution is 7.94. The minimum Gasteiger partial charge on any atom is -0.305 e. The van der Waals surface area contributed by atoms with Gasteiger partial charge in [0.05, 0.1) is 0 Å². The Bertz CT molecular complexity index is 328. The van der Waals surface area contributed by atoms with Crippen molar-refractivity contribution in [1.29, 1.82) is 0 Å². The Labute approximate surface area is 128 Å². The van der Waals surface area contributed by atoms with E-state index < -0.39 is 0 Å². The average Bonchev–Trinajstić information content (AvgIpc) is 2.93. The maximum atomic E-state index is 6.06. The lowest BCUT2D eigenvalue weighted by Crippen LogP contribution is -2.25. The fourth-order valence-corrected chi connectivity index (χ4v) is 4.27. The van der Waals surface area contributed by atoms with Crippen LogP contribution < -0.4 is 0 Å². The molecule has 1 aromatic heterocycles. The maximum absolute atomic E-state index is 6.06. The minimum absolute atomic E-state index is 0.123. The van der Waals surface area contributed by atoms with Gasteiger partial charge in [0, 0.05) is 4.88 Å². The highest BCUT2D eigenvalue weighted by Crippen LogP contribution is 2.41. The van der Waals surface area contributed by atoms with E-state index in [9.17, 15) is 0 Å². The smallest absolute Gasteiger partial charge is 0.137 e.